The minimum Gasteiger partial charge on any atom is -0.0654 e. The summed E-state index contributed by atoms with van der Waals surface area (Å²) in [4.78, 5) is 0. The lowest BCUT2D eigenvalue weighted by Gasteiger charge is -2.26. The highest BCUT2D eigenvalue weighted by molar-refractivity contribution is 5.34. The molecule has 2 unspecified atom stereocenters. The third kappa shape index (κ3) is 14.4. The second-order valence-electron chi connectivity index (χ2n) is 13.3. The lowest BCUT2D eigenvalue weighted by Crippen LogP contribution is -2.13. The number of hydrogen-bond acceptors (Lipinski definition) is 0. The summed E-state index contributed by atoms with van der Waals surface area (Å²) >= 11 is 0. The molecule has 2 atom stereocenters. The fourth-order valence-electron chi connectivity index (χ4n) is 6.68. The van der Waals surface area contributed by atoms with Gasteiger partial charge in [-0.1, -0.05) is 142 Å². The van der Waals surface area contributed by atoms with Gasteiger partial charge in [-0.3, -0.25) is 0 Å². The second kappa shape index (κ2) is 22.0. The molecule has 0 bridgehead atoms. The van der Waals surface area contributed by atoms with Gasteiger partial charge in [-0.05, 0) is 116 Å². The van der Waals surface area contributed by atoms with Gasteiger partial charge in [0.25, 0.3) is 0 Å². The molecule has 0 aliphatic heterocycles. The zero-order chi connectivity index (χ0) is 29.7. The van der Waals surface area contributed by atoms with Crippen LogP contribution in [-0.4, -0.2) is 0 Å². The van der Waals surface area contributed by atoms with E-state index in [1.54, 1.807) is 33.4 Å². The standard InChI is InChI=1S/C41H68/c1-7-13-19-24-38(30-39-28-34(20-14-8-2)26-35(29-39)21-15-9-3)31-40(25-18-12-6)41-32-36(22-16-10-4)27-37(33-41)23-17-11-5/h26-29,32-33,38,40H,7-25,30-31H2,1-6H3. The molecule has 0 heterocycles. The monoisotopic (exact) mass is 561 g/mol. The van der Waals surface area contributed by atoms with Crippen LogP contribution in [0.2, 0.25) is 0 Å². The van der Waals surface area contributed by atoms with E-state index < -0.39 is 0 Å². The Balaban J connectivity index is 2.38. The van der Waals surface area contributed by atoms with Gasteiger partial charge in [0.15, 0.2) is 0 Å². The maximum atomic E-state index is 2.63. The van der Waals surface area contributed by atoms with Crippen molar-refractivity contribution in [2.75, 3.05) is 0 Å². The van der Waals surface area contributed by atoms with E-state index in [2.05, 4.69) is 77.9 Å². The molecule has 0 aliphatic carbocycles. The maximum Gasteiger partial charge on any atom is -0.0159 e. The highest BCUT2D eigenvalue weighted by Crippen LogP contribution is 2.35. The summed E-state index contributed by atoms with van der Waals surface area (Å²) in [5, 5.41) is 0. The Morgan fingerprint density at radius 3 is 1.27 bits per heavy atom. The van der Waals surface area contributed by atoms with Crippen molar-refractivity contribution >= 4 is 0 Å². The van der Waals surface area contributed by atoms with Crippen LogP contribution < -0.4 is 0 Å². The van der Waals surface area contributed by atoms with Gasteiger partial charge < -0.3 is 0 Å². The Morgan fingerprint density at radius 2 is 0.829 bits per heavy atom. The van der Waals surface area contributed by atoms with Crippen LogP contribution in [0, 0.1) is 5.92 Å². The first-order chi connectivity index (χ1) is 20.1. The first-order valence-corrected chi connectivity index (χ1v) is 18.3. The van der Waals surface area contributed by atoms with Crippen molar-refractivity contribution in [3.05, 3.63) is 69.8 Å². The molecule has 0 heteroatoms. The molecule has 0 saturated carbocycles. The van der Waals surface area contributed by atoms with Gasteiger partial charge in [0.05, 0.1) is 0 Å². The molecule has 41 heavy (non-hydrogen) atoms. The van der Waals surface area contributed by atoms with Crippen LogP contribution in [0.4, 0.5) is 0 Å². The largest absolute Gasteiger partial charge is 0.0654 e. The third-order valence-electron chi connectivity index (χ3n) is 9.20. The molecule has 2 rings (SSSR count). The zero-order valence-electron chi connectivity index (χ0n) is 28.5. The van der Waals surface area contributed by atoms with E-state index in [0.717, 1.165) is 5.92 Å². The summed E-state index contributed by atoms with van der Waals surface area (Å²) < 4.78 is 0. The molecular formula is C41H68. The molecule has 2 aromatic rings. The molecule has 0 amide bonds. The maximum absolute atomic E-state index is 2.63. The van der Waals surface area contributed by atoms with Gasteiger partial charge in [0.1, 0.15) is 0 Å². The number of aryl methyl sites for hydroxylation is 4. The summed E-state index contributed by atoms with van der Waals surface area (Å²) in [6.07, 6.45) is 27.4. The van der Waals surface area contributed by atoms with Crippen molar-refractivity contribution in [3.8, 4) is 0 Å². The van der Waals surface area contributed by atoms with Gasteiger partial charge in [-0.25, -0.2) is 0 Å². The summed E-state index contributed by atoms with van der Waals surface area (Å²) in [5.74, 6) is 1.48. The number of unbranched alkanes of at least 4 members (excludes halogenated alkanes) is 7. The van der Waals surface area contributed by atoms with Gasteiger partial charge in [-0.15, -0.1) is 0 Å². The van der Waals surface area contributed by atoms with E-state index in [1.165, 1.54) is 135 Å². The van der Waals surface area contributed by atoms with Crippen molar-refractivity contribution in [1.29, 1.82) is 0 Å². The predicted octanol–water partition coefficient (Wildman–Crippen LogP) is 13.2. The first-order valence-electron chi connectivity index (χ1n) is 18.3. The SMILES string of the molecule is CCCCCC(Cc1cc(CCCC)cc(CCCC)c1)CC(CCCC)c1cc(CCCC)cc(CCCC)c1. The number of benzene rings is 2. The fourth-order valence-corrected chi connectivity index (χ4v) is 6.68. The summed E-state index contributed by atoms with van der Waals surface area (Å²) in [5.41, 5.74) is 9.68. The Labute approximate surface area is 257 Å². The Morgan fingerprint density at radius 1 is 0.415 bits per heavy atom. The molecule has 0 radical (unpaired) electrons. The Kier molecular flexibility index (Phi) is 19.2. The average molecular weight is 561 g/mol. The van der Waals surface area contributed by atoms with Crippen molar-refractivity contribution < 1.29 is 0 Å². The lowest BCUT2D eigenvalue weighted by molar-refractivity contribution is 0.375. The summed E-state index contributed by atoms with van der Waals surface area (Å²) in [7, 11) is 0. The smallest absolute Gasteiger partial charge is 0.0159 e. The predicted molar refractivity (Wildman–Crippen MR) is 186 cm³/mol. The average Bonchev–Trinajstić information content (AvgIpc) is 2.98. The third-order valence-corrected chi connectivity index (χ3v) is 9.20. The van der Waals surface area contributed by atoms with Gasteiger partial charge >= 0.3 is 0 Å². The zero-order valence-corrected chi connectivity index (χ0v) is 28.5. The van der Waals surface area contributed by atoms with Crippen LogP contribution in [0.1, 0.15) is 184 Å². The van der Waals surface area contributed by atoms with E-state index in [-0.39, 0.29) is 0 Å². The molecule has 0 saturated heterocycles. The van der Waals surface area contributed by atoms with Gasteiger partial charge in [0.2, 0.25) is 0 Å². The highest BCUT2D eigenvalue weighted by atomic mass is 14.3. The fraction of sp³-hybridized carbons (Fsp3) is 0.707. The van der Waals surface area contributed by atoms with E-state index in [0.29, 0.717) is 5.92 Å². The molecule has 2 aromatic carbocycles. The van der Waals surface area contributed by atoms with Crippen LogP contribution >= 0.6 is 0 Å². The summed E-state index contributed by atoms with van der Waals surface area (Å²) in [6, 6.07) is 15.5. The van der Waals surface area contributed by atoms with Gasteiger partial charge in [-0.2, -0.15) is 0 Å². The van der Waals surface area contributed by atoms with Crippen molar-refractivity contribution in [1.82, 2.24) is 0 Å². The van der Waals surface area contributed by atoms with Crippen LogP contribution in [-0.2, 0) is 32.1 Å². The second-order valence-corrected chi connectivity index (χ2v) is 13.3. The van der Waals surface area contributed by atoms with Crippen LogP contribution in [0.25, 0.3) is 0 Å². The van der Waals surface area contributed by atoms with Gasteiger partial charge in [0, 0.05) is 0 Å². The van der Waals surface area contributed by atoms with E-state index in [1.807, 2.05) is 0 Å². The van der Waals surface area contributed by atoms with E-state index in [4.69, 9.17) is 0 Å². The van der Waals surface area contributed by atoms with E-state index in [9.17, 15) is 0 Å². The highest BCUT2D eigenvalue weighted by Gasteiger charge is 2.20. The van der Waals surface area contributed by atoms with Crippen molar-refractivity contribution in [3.63, 3.8) is 0 Å². The molecule has 0 nitrogen and oxygen atoms in total. The molecular weight excluding hydrogens is 492 g/mol. The molecule has 0 fully saturated rings. The minimum absolute atomic E-state index is 0.700. The number of rotatable bonds is 24. The molecule has 0 aliphatic rings. The van der Waals surface area contributed by atoms with Crippen molar-refractivity contribution in [2.24, 2.45) is 5.92 Å². The molecule has 0 N–H and O–H groups in total. The summed E-state index contributed by atoms with van der Waals surface area (Å²) in [6.45, 7) is 14.0. The molecule has 0 spiro atoms. The normalized spacial score (nSPS) is 13.0. The molecule has 0 aromatic heterocycles. The first kappa shape index (κ1) is 35.6. The Hall–Kier alpha value is -1.56. The van der Waals surface area contributed by atoms with E-state index >= 15 is 0 Å². The Bertz CT molecular complexity index is 869. The lowest BCUT2D eigenvalue weighted by atomic mass is 9.79. The topological polar surface area (TPSA) is 0 Å². The minimum atomic E-state index is 0.700. The van der Waals surface area contributed by atoms with Crippen LogP contribution in [0.15, 0.2) is 36.4 Å². The van der Waals surface area contributed by atoms with Crippen LogP contribution in [0.5, 0.6) is 0 Å². The molecule has 232 valence electrons. The quantitative estimate of drug-likeness (QED) is 0.112. The van der Waals surface area contributed by atoms with Crippen molar-refractivity contribution in [2.45, 2.75) is 182 Å². The van der Waals surface area contributed by atoms with Crippen LogP contribution in [0.3, 0.4) is 0 Å². The number of hydrogen-bond donors (Lipinski definition) is 0.